The lowest BCUT2D eigenvalue weighted by molar-refractivity contribution is -0.114. The Morgan fingerprint density at radius 3 is 2.96 bits per heavy atom. The Balaban J connectivity index is 1.54. The molecular weight excluding hydrogens is 330 g/mol. The van der Waals surface area contributed by atoms with Gasteiger partial charge >= 0.3 is 6.03 Å². The summed E-state index contributed by atoms with van der Waals surface area (Å²) in [7, 11) is 0. The van der Waals surface area contributed by atoms with Crippen LogP contribution in [0, 0.1) is 6.92 Å². The smallest absolute Gasteiger partial charge is 0.355 e. The van der Waals surface area contributed by atoms with Crippen molar-refractivity contribution in [3.63, 3.8) is 0 Å². The Morgan fingerprint density at radius 2 is 2.19 bits per heavy atom. The molecule has 3 aliphatic rings. The molecule has 1 aromatic carbocycles. The van der Waals surface area contributed by atoms with Gasteiger partial charge in [0.15, 0.2) is 0 Å². The highest BCUT2D eigenvalue weighted by Crippen LogP contribution is 2.27. The Kier molecular flexibility index (Phi) is 4.51. The number of anilines is 1. The van der Waals surface area contributed by atoms with Crippen molar-refractivity contribution in [1.82, 2.24) is 0 Å². The zero-order chi connectivity index (χ0) is 18.1. The molecule has 134 valence electrons. The van der Waals surface area contributed by atoms with E-state index in [0.717, 1.165) is 48.5 Å². The van der Waals surface area contributed by atoms with E-state index < -0.39 is 6.03 Å². The molecule has 1 aromatic rings. The highest BCUT2D eigenvalue weighted by atomic mass is 16.5. The van der Waals surface area contributed by atoms with Gasteiger partial charge in [-0.05, 0) is 50.3 Å². The predicted octanol–water partition coefficient (Wildman–Crippen LogP) is 3.59. The molecule has 6 heteroatoms. The first-order chi connectivity index (χ1) is 12.6. The van der Waals surface area contributed by atoms with E-state index in [0.29, 0.717) is 29.5 Å². The Morgan fingerprint density at radius 1 is 1.31 bits per heavy atom. The van der Waals surface area contributed by atoms with Gasteiger partial charge in [0.2, 0.25) is 0 Å². The number of ether oxygens (including phenoxy) is 1. The van der Waals surface area contributed by atoms with Gasteiger partial charge in [-0.1, -0.05) is 12.1 Å². The topological polar surface area (TPSA) is 71.3 Å². The maximum Gasteiger partial charge on any atom is 0.355 e. The molecule has 0 saturated carbocycles. The first kappa shape index (κ1) is 16.8. The van der Waals surface area contributed by atoms with E-state index in [1.807, 2.05) is 19.1 Å². The number of carbonyl (C=O) groups excluding carboxylic acids is 2. The van der Waals surface area contributed by atoms with Crippen LogP contribution in [0.25, 0.3) is 0 Å². The second-order valence-corrected chi connectivity index (χ2v) is 6.91. The van der Waals surface area contributed by atoms with Crippen LogP contribution in [0.4, 0.5) is 10.5 Å². The van der Waals surface area contributed by atoms with Gasteiger partial charge in [0.05, 0.1) is 23.1 Å². The fourth-order valence-electron chi connectivity index (χ4n) is 3.56. The van der Waals surface area contributed by atoms with Crippen LogP contribution in [0.1, 0.15) is 37.7 Å². The van der Waals surface area contributed by atoms with Crippen molar-refractivity contribution in [3.05, 3.63) is 41.6 Å². The fraction of sp³-hybridized carbons (Fsp3) is 0.400. The van der Waals surface area contributed by atoms with Crippen LogP contribution in [-0.2, 0) is 9.53 Å². The van der Waals surface area contributed by atoms with Crippen LogP contribution in [0.2, 0.25) is 0 Å². The molecule has 0 spiro atoms. The van der Waals surface area contributed by atoms with Gasteiger partial charge in [0.25, 0.3) is 5.91 Å². The lowest BCUT2D eigenvalue weighted by Crippen LogP contribution is -2.43. The Labute approximate surface area is 152 Å². The molecule has 1 atom stereocenters. The third kappa shape index (κ3) is 3.24. The number of carbonyl (C=O) groups is 2. The van der Waals surface area contributed by atoms with Gasteiger partial charge in [-0.25, -0.2) is 9.69 Å². The summed E-state index contributed by atoms with van der Waals surface area (Å²) in [5, 5.41) is 0. The maximum absolute atomic E-state index is 12.8. The minimum absolute atomic E-state index is 0.302. The number of urea groups is 1. The predicted molar refractivity (Wildman–Crippen MR) is 99.8 cm³/mol. The summed E-state index contributed by atoms with van der Waals surface area (Å²) in [5.74, 6) is -0.354. The normalized spacial score (nSPS) is 22.7. The summed E-state index contributed by atoms with van der Waals surface area (Å²) in [6.45, 7) is 2.76. The summed E-state index contributed by atoms with van der Waals surface area (Å²) in [5.41, 5.74) is 3.41. The number of hydrogen-bond acceptors (Lipinski definition) is 4. The SMILES string of the molecule is Cc1cccc(N2C(=O)N=C3CC(CCC4CCCO4)=NC=C3C2=O)c1. The molecule has 1 unspecified atom stereocenters. The molecule has 1 saturated heterocycles. The zero-order valence-electron chi connectivity index (χ0n) is 14.8. The van der Waals surface area contributed by atoms with Crippen molar-refractivity contribution in [3.8, 4) is 0 Å². The van der Waals surface area contributed by atoms with Gasteiger partial charge in [0, 0.05) is 24.9 Å². The first-order valence-electron chi connectivity index (χ1n) is 9.02. The molecule has 6 nitrogen and oxygen atoms in total. The van der Waals surface area contributed by atoms with E-state index in [1.165, 1.54) is 0 Å². The number of nitrogens with zero attached hydrogens (tertiary/aromatic N) is 3. The van der Waals surface area contributed by atoms with E-state index in [4.69, 9.17) is 4.74 Å². The largest absolute Gasteiger partial charge is 0.378 e. The third-order valence-corrected chi connectivity index (χ3v) is 4.95. The monoisotopic (exact) mass is 351 g/mol. The van der Waals surface area contributed by atoms with E-state index in [2.05, 4.69) is 9.98 Å². The zero-order valence-corrected chi connectivity index (χ0v) is 14.8. The van der Waals surface area contributed by atoms with Crippen molar-refractivity contribution in [2.75, 3.05) is 11.5 Å². The molecule has 26 heavy (non-hydrogen) atoms. The van der Waals surface area contributed by atoms with Crippen molar-refractivity contribution >= 4 is 29.0 Å². The van der Waals surface area contributed by atoms with Gasteiger partial charge in [0.1, 0.15) is 0 Å². The molecule has 0 radical (unpaired) electrons. The number of imide groups is 1. The van der Waals surface area contributed by atoms with Crippen LogP contribution in [0.3, 0.4) is 0 Å². The van der Waals surface area contributed by atoms with Crippen LogP contribution in [0.5, 0.6) is 0 Å². The number of benzene rings is 1. The highest BCUT2D eigenvalue weighted by molar-refractivity contribution is 6.40. The number of fused-ring (bicyclic) bond motifs is 1. The standard InChI is InChI=1S/C20H21N3O3/c1-13-4-2-5-15(10-13)23-19(24)17-12-21-14(11-18(17)22-20(23)25)7-8-16-6-3-9-26-16/h2,4-5,10,12,16H,3,6-9,11H2,1H3. The maximum atomic E-state index is 12.8. The van der Waals surface area contributed by atoms with Crippen molar-refractivity contribution in [2.24, 2.45) is 9.98 Å². The lowest BCUT2D eigenvalue weighted by atomic mass is 9.96. The molecule has 4 rings (SSSR count). The summed E-state index contributed by atoms with van der Waals surface area (Å²) in [6, 6.07) is 6.75. The van der Waals surface area contributed by atoms with Crippen molar-refractivity contribution in [1.29, 1.82) is 0 Å². The molecule has 0 aromatic heterocycles. The minimum Gasteiger partial charge on any atom is -0.378 e. The summed E-state index contributed by atoms with van der Waals surface area (Å²) in [4.78, 5) is 35.0. The van der Waals surface area contributed by atoms with Crippen molar-refractivity contribution < 1.29 is 14.3 Å². The van der Waals surface area contributed by atoms with Crippen LogP contribution in [-0.4, -0.2) is 36.1 Å². The van der Waals surface area contributed by atoms with E-state index in [1.54, 1.807) is 18.3 Å². The number of hydrogen-bond donors (Lipinski definition) is 0. The second-order valence-electron chi connectivity index (χ2n) is 6.91. The highest BCUT2D eigenvalue weighted by Gasteiger charge is 2.35. The number of aliphatic imine (C=N–C) groups is 2. The van der Waals surface area contributed by atoms with E-state index in [9.17, 15) is 9.59 Å². The van der Waals surface area contributed by atoms with Gasteiger partial charge in [-0.2, -0.15) is 4.99 Å². The first-order valence-corrected chi connectivity index (χ1v) is 9.02. The van der Waals surface area contributed by atoms with Crippen molar-refractivity contribution in [2.45, 2.75) is 45.1 Å². The lowest BCUT2D eigenvalue weighted by Gasteiger charge is -2.27. The summed E-state index contributed by atoms with van der Waals surface area (Å²) < 4.78 is 5.64. The van der Waals surface area contributed by atoms with Crippen LogP contribution in [0.15, 0.2) is 46.0 Å². The average Bonchev–Trinajstić information content (AvgIpc) is 3.13. The molecule has 3 amide bonds. The quantitative estimate of drug-likeness (QED) is 0.832. The number of rotatable bonds is 4. The molecule has 0 aliphatic carbocycles. The fourth-order valence-corrected chi connectivity index (χ4v) is 3.56. The molecule has 1 fully saturated rings. The van der Waals surface area contributed by atoms with Crippen LogP contribution < -0.4 is 4.90 Å². The number of aryl methyl sites for hydroxylation is 1. The minimum atomic E-state index is -0.534. The molecule has 0 N–H and O–H groups in total. The third-order valence-electron chi connectivity index (χ3n) is 4.95. The van der Waals surface area contributed by atoms with Gasteiger partial charge in [-0.15, -0.1) is 0 Å². The molecule has 3 aliphatic heterocycles. The molecular formula is C20H21N3O3. The second kappa shape index (κ2) is 6.96. The molecule has 0 bridgehead atoms. The van der Waals surface area contributed by atoms with E-state index in [-0.39, 0.29) is 5.91 Å². The van der Waals surface area contributed by atoms with Crippen LogP contribution >= 0.6 is 0 Å². The van der Waals surface area contributed by atoms with Gasteiger partial charge in [-0.3, -0.25) is 9.79 Å². The summed E-state index contributed by atoms with van der Waals surface area (Å²) in [6.07, 6.45) is 6.26. The Bertz CT molecular complexity index is 848. The average molecular weight is 351 g/mol. The summed E-state index contributed by atoms with van der Waals surface area (Å²) >= 11 is 0. The van der Waals surface area contributed by atoms with Gasteiger partial charge < -0.3 is 4.74 Å². The number of amides is 3. The Hall–Kier alpha value is -2.60. The molecule has 3 heterocycles. The van der Waals surface area contributed by atoms with E-state index >= 15 is 0 Å².